The smallest absolute Gasteiger partial charge is 0.243 e. The van der Waals surface area contributed by atoms with Gasteiger partial charge in [0.1, 0.15) is 12.3 Å². The molecule has 114 valence electrons. The third kappa shape index (κ3) is 3.08. The van der Waals surface area contributed by atoms with Gasteiger partial charge >= 0.3 is 0 Å². The minimum atomic E-state index is -0.333. The maximum atomic E-state index is 12.4. The van der Waals surface area contributed by atoms with Crippen LogP contribution in [0.2, 0.25) is 0 Å². The highest BCUT2D eigenvalue weighted by Gasteiger charge is 2.32. The Morgan fingerprint density at radius 3 is 2.76 bits per heavy atom. The van der Waals surface area contributed by atoms with E-state index in [9.17, 15) is 14.7 Å². The summed E-state index contributed by atoms with van der Waals surface area (Å²) in [5, 5.41) is 12.4. The van der Waals surface area contributed by atoms with Gasteiger partial charge in [-0.15, -0.1) is 0 Å². The largest absolute Gasteiger partial charge is 0.394 e. The van der Waals surface area contributed by atoms with Gasteiger partial charge in [-0.3, -0.25) is 9.59 Å². The normalized spacial score (nSPS) is 22.3. The first kappa shape index (κ1) is 15.5. The molecule has 0 bridgehead atoms. The molecule has 0 fully saturated rings. The Morgan fingerprint density at radius 2 is 2.19 bits per heavy atom. The standard InChI is InChI=1S/C16H22N2O3/c1-10(2)15-16(21)17-13(9-20)7-12-5-4-11(8-19)6-14(12)18(15)3/h4-6,8,10,13,15,20H,7,9H2,1-3H3,(H,17,21)/t13-,15-/m1/s1. The summed E-state index contributed by atoms with van der Waals surface area (Å²) < 4.78 is 0. The Kier molecular flexibility index (Phi) is 4.63. The van der Waals surface area contributed by atoms with Crippen molar-refractivity contribution in [3.8, 4) is 0 Å². The molecule has 0 unspecified atom stereocenters. The lowest BCUT2D eigenvalue weighted by Gasteiger charge is -2.37. The van der Waals surface area contributed by atoms with Crippen LogP contribution in [0.3, 0.4) is 0 Å². The molecule has 0 saturated heterocycles. The molecule has 1 aromatic carbocycles. The van der Waals surface area contributed by atoms with Crippen LogP contribution in [0.5, 0.6) is 0 Å². The van der Waals surface area contributed by atoms with Crippen LogP contribution in [0.1, 0.15) is 29.8 Å². The molecule has 0 aliphatic carbocycles. The zero-order chi connectivity index (χ0) is 15.6. The van der Waals surface area contributed by atoms with E-state index >= 15 is 0 Å². The van der Waals surface area contributed by atoms with Gasteiger partial charge in [-0.25, -0.2) is 0 Å². The average Bonchev–Trinajstić information content (AvgIpc) is 2.45. The van der Waals surface area contributed by atoms with E-state index in [1.165, 1.54) is 0 Å². The zero-order valence-corrected chi connectivity index (χ0v) is 12.7. The number of carbonyl (C=O) groups excluding carboxylic acids is 2. The van der Waals surface area contributed by atoms with Crippen molar-refractivity contribution in [3.63, 3.8) is 0 Å². The van der Waals surface area contributed by atoms with Crippen LogP contribution in [0.4, 0.5) is 5.69 Å². The first-order valence-corrected chi connectivity index (χ1v) is 7.20. The number of nitrogens with zero attached hydrogens (tertiary/aromatic N) is 1. The predicted molar refractivity (Wildman–Crippen MR) is 81.6 cm³/mol. The number of aliphatic hydroxyl groups excluding tert-OH is 1. The number of amides is 1. The van der Waals surface area contributed by atoms with Crippen molar-refractivity contribution < 1.29 is 14.7 Å². The third-order valence-electron chi connectivity index (χ3n) is 3.98. The second kappa shape index (κ2) is 6.26. The number of aliphatic hydroxyl groups is 1. The average molecular weight is 290 g/mol. The van der Waals surface area contributed by atoms with Crippen LogP contribution >= 0.6 is 0 Å². The van der Waals surface area contributed by atoms with Gasteiger partial charge in [-0.05, 0) is 24.0 Å². The molecule has 1 aromatic rings. The molecule has 1 aliphatic heterocycles. The molecule has 2 atom stereocenters. The van der Waals surface area contributed by atoms with Gasteiger partial charge < -0.3 is 15.3 Å². The van der Waals surface area contributed by atoms with Crippen molar-refractivity contribution in [2.24, 2.45) is 5.92 Å². The van der Waals surface area contributed by atoms with Crippen LogP contribution in [0.15, 0.2) is 18.2 Å². The summed E-state index contributed by atoms with van der Waals surface area (Å²) in [5.74, 6) is 0.0221. The van der Waals surface area contributed by atoms with E-state index in [4.69, 9.17) is 0 Å². The van der Waals surface area contributed by atoms with Gasteiger partial charge in [0.15, 0.2) is 0 Å². The van der Waals surface area contributed by atoms with Gasteiger partial charge in [-0.1, -0.05) is 26.0 Å². The highest BCUT2D eigenvalue weighted by atomic mass is 16.3. The van der Waals surface area contributed by atoms with E-state index in [1.54, 1.807) is 6.07 Å². The van der Waals surface area contributed by atoms with Crippen molar-refractivity contribution >= 4 is 17.9 Å². The fourth-order valence-corrected chi connectivity index (χ4v) is 2.94. The number of carbonyl (C=O) groups is 2. The third-order valence-corrected chi connectivity index (χ3v) is 3.98. The van der Waals surface area contributed by atoms with E-state index in [1.807, 2.05) is 37.9 Å². The van der Waals surface area contributed by atoms with Crippen molar-refractivity contribution in [2.45, 2.75) is 32.4 Å². The van der Waals surface area contributed by atoms with Gasteiger partial charge in [0.25, 0.3) is 0 Å². The Hall–Kier alpha value is -1.88. The van der Waals surface area contributed by atoms with Crippen LogP contribution in [-0.4, -0.2) is 43.0 Å². The number of likely N-dealkylation sites (N-methyl/N-ethyl adjacent to an activating group) is 1. The number of aldehydes is 1. The van der Waals surface area contributed by atoms with Crippen LogP contribution in [0.25, 0.3) is 0 Å². The van der Waals surface area contributed by atoms with Gasteiger partial charge in [0.05, 0.1) is 12.6 Å². The summed E-state index contributed by atoms with van der Waals surface area (Å²) in [6.07, 6.45) is 1.35. The molecule has 21 heavy (non-hydrogen) atoms. The minimum absolute atomic E-state index is 0.0892. The monoisotopic (exact) mass is 290 g/mol. The number of hydrogen-bond acceptors (Lipinski definition) is 4. The highest BCUT2D eigenvalue weighted by Crippen LogP contribution is 2.28. The van der Waals surface area contributed by atoms with Gasteiger partial charge in [-0.2, -0.15) is 0 Å². The van der Waals surface area contributed by atoms with E-state index in [0.717, 1.165) is 17.5 Å². The number of rotatable bonds is 3. The van der Waals surface area contributed by atoms with Crippen LogP contribution in [0, 0.1) is 5.92 Å². The molecule has 5 heteroatoms. The molecule has 2 N–H and O–H groups in total. The summed E-state index contributed by atoms with van der Waals surface area (Å²) in [5.41, 5.74) is 2.49. The quantitative estimate of drug-likeness (QED) is 0.815. The lowest BCUT2D eigenvalue weighted by Crippen LogP contribution is -2.54. The van der Waals surface area contributed by atoms with Gasteiger partial charge in [0.2, 0.25) is 5.91 Å². The molecule has 0 saturated carbocycles. The van der Waals surface area contributed by atoms with E-state index in [0.29, 0.717) is 12.0 Å². The number of fused-ring (bicyclic) bond motifs is 1. The topological polar surface area (TPSA) is 69.6 Å². The lowest BCUT2D eigenvalue weighted by molar-refractivity contribution is -0.124. The van der Waals surface area contributed by atoms with Crippen LogP contribution < -0.4 is 10.2 Å². The maximum absolute atomic E-state index is 12.4. The highest BCUT2D eigenvalue weighted by molar-refractivity contribution is 5.87. The van der Waals surface area contributed by atoms with Gasteiger partial charge in [0, 0.05) is 18.3 Å². The molecule has 0 aromatic heterocycles. The first-order valence-electron chi connectivity index (χ1n) is 7.20. The molecule has 1 amide bonds. The molecule has 1 heterocycles. The van der Waals surface area contributed by atoms with Crippen molar-refractivity contribution in [3.05, 3.63) is 29.3 Å². The molecule has 5 nitrogen and oxygen atoms in total. The lowest BCUT2D eigenvalue weighted by atomic mass is 9.94. The van der Waals surface area contributed by atoms with Crippen LogP contribution in [-0.2, 0) is 11.2 Å². The summed E-state index contributed by atoms with van der Waals surface area (Å²) in [7, 11) is 1.87. The molecule has 0 radical (unpaired) electrons. The second-order valence-corrected chi connectivity index (χ2v) is 5.90. The fraction of sp³-hybridized carbons (Fsp3) is 0.500. The first-order chi connectivity index (χ1) is 9.97. The van der Waals surface area contributed by atoms with Crippen molar-refractivity contribution in [2.75, 3.05) is 18.6 Å². The maximum Gasteiger partial charge on any atom is 0.243 e. The molecular formula is C16H22N2O3. The Balaban J connectivity index is 2.53. The SMILES string of the molecule is CC(C)[C@@H]1C(=O)N[C@@H](CO)Cc2ccc(C=O)cc2N1C. The number of hydrogen-bond donors (Lipinski definition) is 2. The minimum Gasteiger partial charge on any atom is -0.394 e. The summed E-state index contributed by atoms with van der Waals surface area (Å²) in [6.45, 7) is 3.87. The summed E-state index contributed by atoms with van der Waals surface area (Å²) >= 11 is 0. The molecule has 2 rings (SSSR count). The molecule has 1 aliphatic rings. The number of benzene rings is 1. The second-order valence-electron chi connectivity index (χ2n) is 5.90. The predicted octanol–water partition coefficient (Wildman–Crippen LogP) is 0.993. The van der Waals surface area contributed by atoms with Crippen molar-refractivity contribution in [1.82, 2.24) is 5.32 Å². The van der Waals surface area contributed by atoms with E-state index < -0.39 is 0 Å². The summed E-state index contributed by atoms with van der Waals surface area (Å²) in [6, 6.07) is 4.84. The fourth-order valence-electron chi connectivity index (χ4n) is 2.94. The molecular weight excluding hydrogens is 268 g/mol. The Morgan fingerprint density at radius 1 is 1.48 bits per heavy atom. The Labute approximate surface area is 125 Å². The molecule has 0 spiro atoms. The summed E-state index contributed by atoms with van der Waals surface area (Å²) in [4.78, 5) is 25.4. The number of anilines is 1. The van der Waals surface area contributed by atoms with Crippen molar-refractivity contribution in [1.29, 1.82) is 0 Å². The van der Waals surface area contributed by atoms with E-state index in [2.05, 4.69) is 5.32 Å². The zero-order valence-electron chi connectivity index (χ0n) is 12.7. The Bertz CT molecular complexity index is 542. The van der Waals surface area contributed by atoms with E-state index in [-0.39, 0.29) is 30.5 Å². The number of nitrogens with one attached hydrogen (secondary N) is 1.